The van der Waals surface area contributed by atoms with Crippen LogP contribution in [0.3, 0.4) is 0 Å². The maximum atomic E-state index is 13.2. The van der Waals surface area contributed by atoms with E-state index in [0.717, 1.165) is 0 Å². The number of halogens is 1. The van der Waals surface area contributed by atoms with Gasteiger partial charge in [0, 0.05) is 25.8 Å². The molecule has 2 amide bonds. The van der Waals surface area contributed by atoms with E-state index in [4.69, 9.17) is 25.8 Å². The van der Waals surface area contributed by atoms with Crippen molar-refractivity contribution in [3.05, 3.63) is 53.6 Å². The molecule has 0 fully saturated rings. The number of carbonyl (C=O) groups excluding carboxylic acids is 4. The molecule has 10 heteroatoms. The fourth-order valence-electron chi connectivity index (χ4n) is 3.86. The van der Waals surface area contributed by atoms with Crippen molar-refractivity contribution in [3.8, 4) is 5.75 Å². The summed E-state index contributed by atoms with van der Waals surface area (Å²) in [4.78, 5) is 52.0. The van der Waals surface area contributed by atoms with E-state index in [1.165, 1.54) is 13.2 Å². The molecule has 0 aromatic heterocycles. The second-order valence-corrected chi connectivity index (χ2v) is 11.0. The summed E-state index contributed by atoms with van der Waals surface area (Å²) in [5.74, 6) is -1.76. The fraction of sp³-hybridized carbons (Fsp3) is 0.517. The first-order chi connectivity index (χ1) is 18.4. The summed E-state index contributed by atoms with van der Waals surface area (Å²) in [6, 6.07) is 4.14. The van der Waals surface area contributed by atoms with E-state index in [-0.39, 0.29) is 31.7 Å². The third kappa shape index (κ3) is 10.1. The van der Waals surface area contributed by atoms with Crippen molar-refractivity contribution < 1.29 is 33.4 Å². The molecule has 0 spiro atoms. The summed E-state index contributed by atoms with van der Waals surface area (Å²) < 4.78 is 16.4. The monoisotopic (exact) mass is 562 g/mol. The molecule has 39 heavy (non-hydrogen) atoms. The summed E-state index contributed by atoms with van der Waals surface area (Å²) in [6.07, 6.45) is 3.75. The number of hydrogen-bond acceptors (Lipinski definition) is 7. The van der Waals surface area contributed by atoms with Crippen LogP contribution < -0.4 is 15.4 Å². The van der Waals surface area contributed by atoms with Gasteiger partial charge in [0.2, 0.25) is 11.8 Å². The zero-order chi connectivity index (χ0) is 29.2. The second kappa shape index (κ2) is 14.7. The van der Waals surface area contributed by atoms with Gasteiger partial charge in [0.1, 0.15) is 17.9 Å². The van der Waals surface area contributed by atoms with Crippen LogP contribution in [0.4, 0.5) is 0 Å². The van der Waals surface area contributed by atoms with E-state index < -0.39 is 47.4 Å². The molecular formula is C29H39ClN2O7. The molecule has 0 radical (unpaired) electrons. The lowest BCUT2D eigenvalue weighted by atomic mass is 9.93. The Kier molecular flexibility index (Phi) is 12.0. The fourth-order valence-corrected chi connectivity index (χ4v) is 4.14. The minimum atomic E-state index is -1.17. The van der Waals surface area contributed by atoms with Crippen LogP contribution in [0.15, 0.2) is 43.0 Å². The Hall–Kier alpha value is -3.33. The molecule has 1 aromatic carbocycles. The molecule has 0 saturated carbocycles. The van der Waals surface area contributed by atoms with Crippen LogP contribution in [0.25, 0.3) is 0 Å². The van der Waals surface area contributed by atoms with Crippen molar-refractivity contribution in [2.45, 2.75) is 71.6 Å². The number of hydrogen-bond donors (Lipinski definition) is 2. The van der Waals surface area contributed by atoms with Crippen molar-refractivity contribution in [1.29, 1.82) is 0 Å². The molecule has 9 nitrogen and oxygen atoms in total. The van der Waals surface area contributed by atoms with E-state index in [2.05, 4.69) is 17.2 Å². The summed E-state index contributed by atoms with van der Waals surface area (Å²) in [6.45, 7) is 10.7. The maximum absolute atomic E-state index is 13.2. The standard InChI is InChI=1S/C29H39ClN2O7/c1-7-9-20-10-8-11-25(33)32-22(16-19-12-13-23(37-6)21(30)15-19)26(34)31-17-29(4,5)28(36)39-24(14-18(2)3)27(35)38-20/h7-8,11-13,15,18,20,22,24H,1,9-10,14,16-17H2,2-6H3,(H,31,34)(H,32,33)/b11-8+/t20?,22?,24-/m0/s1. The van der Waals surface area contributed by atoms with Gasteiger partial charge in [-0.3, -0.25) is 14.4 Å². The number of cyclic esters (lactones) is 2. The number of ether oxygens (including phenoxy) is 3. The third-order valence-corrected chi connectivity index (χ3v) is 6.42. The number of nitrogens with one attached hydrogen (secondary N) is 2. The quantitative estimate of drug-likeness (QED) is 0.382. The lowest BCUT2D eigenvalue weighted by Gasteiger charge is -2.28. The average molecular weight is 563 g/mol. The molecular weight excluding hydrogens is 524 g/mol. The number of carbonyl (C=O) groups is 4. The van der Waals surface area contributed by atoms with Gasteiger partial charge in [0.15, 0.2) is 6.10 Å². The van der Waals surface area contributed by atoms with Crippen molar-refractivity contribution in [2.24, 2.45) is 11.3 Å². The molecule has 2 unspecified atom stereocenters. The van der Waals surface area contributed by atoms with Gasteiger partial charge >= 0.3 is 11.9 Å². The first-order valence-electron chi connectivity index (χ1n) is 13.0. The Morgan fingerprint density at radius 2 is 1.92 bits per heavy atom. The van der Waals surface area contributed by atoms with Crippen molar-refractivity contribution in [3.63, 3.8) is 0 Å². The van der Waals surface area contributed by atoms with Crippen molar-refractivity contribution in [2.75, 3.05) is 13.7 Å². The minimum Gasteiger partial charge on any atom is -0.495 e. The van der Waals surface area contributed by atoms with Crippen LogP contribution in [0.2, 0.25) is 5.02 Å². The number of esters is 2. The van der Waals surface area contributed by atoms with Gasteiger partial charge in [-0.25, -0.2) is 4.79 Å². The first kappa shape index (κ1) is 31.9. The molecule has 1 heterocycles. The van der Waals surface area contributed by atoms with Gasteiger partial charge in [-0.15, -0.1) is 6.58 Å². The van der Waals surface area contributed by atoms with Crippen LogP contribution in [0.5, 0.6) is 5.75 Å². The lowest BCUT2D eigenvalue weighted by Crippen LogP contribution is -2.51. The lowest BCUT2D eigenvalue weighted by molar-refractivity contribution is -0.177. The highest BCUT2D eigenvalue weighted by Gasteiger charge is 2.36. The first-order valence-corrected chi connectivity index (χ1v) is 13.3. The predicted octanol–water partition coefficient (Wildman–Crippen LogP) is 3.92. The highest BCUT2D eigenvalue weighted by Crippen LogP contribution is 2.26. The van der Waals surface area contributed by atoms with Crippen LogP contribution in [0, 0.1) is 11.3 Å². The van der Waals surface area contributed by atoms with E-state index in [1.54, 1.807) is 44.2 Å². The molecule has 1 aromatic rings. The topological polar surface area (TPSA) is 120 Å². The SMILES string of the molecule is C=CCC1C/C=C/C(=O)NC(Cc2ccc(OC)c(Cl)c2)C(=O)NCC(C)(C)C(=O)O[C@@H](CC(C)C)C(=O)O1. The Morgan fingerprint density at radius 1 is 1.21 bits per heavy atom. The Bertz CT molecular complexity index is 1080. The zero-order valence-corrected chi connectivity index (χ0v) is 24.0. The van der Waals surface area contributed by atoms with E-state index >= 15 is 0 Å². The van der Waals surface area contributed by atoms with Crippen LogP contribution >= 0.6 is 11.6 Å². The number of methoxy groups -OCH3 is 1. The van der Waals surface area contributed by atoms with Crippen LogP contribution in [-0.2, 0) is 35.1 Å². The largest absolute Gasteiger partial charge is 0.495 e. The van der Waals surface area contributed by atoms with Gasteiger partial charge in [-0.05, 0) is 50.0 Å². The summed E-state index contributed by atoms with van der Waals surface area (Å²) >= 11 is 6.25. The highest BCUT2D eigenvalue weighted by atomic mass is 35.5. The van der Waals surface area contributed by atoms with E-state index in [9.17, 15) is 19.2 Å². The average Bonchev–Trinajstić information content (AvgIpc) is 2.85. The Morgan fingerprint density at radius 3 is 2.54 bits per heavy atom. The van der Waals surface area contributed by atoms with Gasteiger partial charge in [-0.2, -0.15) is 0 Å². The van der Waals surface area contributed by atoms with E-state index in [1.807, 2.05) is 13.8 Å². The number of benzene rings is 1. The summed E-state index contributed by atoms with van der Waals surface area (Å²) in [7, 11) is 1.50. The maximum Gasteiger partial charge on any atom is 0.347 e. The van der Waals surface area contributed by atoms with Crippen LogP contribution in [-0.4, -0.2) is 55.7 Å². The van der Waals surface area contributed by atoms with Crippen molar-refractivity contribution >= 4 is 35.4 Å². The molecule has 1 aliphatic rings. The Balaban J connectivity index is 2.37. The van der Waals surface area contributed by atoms with Gasteiger partial charge in [-0.1, -0.05) is 43.7 Å². The normalized spacial score (nSPS) is 23.7. The molecule has 2 N–H and O–H groups in total. The van der Waals surface area contributed by atoms with Gasteiger partial charge in [0.25, 0.3) is 0 Å². The highest BCUT2D eigenvalue weighted by molar-refractivity contribution is 6.32. The molecule has 0 aliphatic carbocycles. The second-order valence-electron chi connectivity index (χ2n) is 10.6. The smallest absolute Gasteiger partial charge is 0.347 e. The molecule has 3 atom stereocenters. The summed E-state index contributed by atoms with van der Waals surface area (Å²) in [5.41, 5.74) is -0.464. The molecule has 2 rings (SSSR count). The molecule has 1 aliphatic heterocycles. The molecule has 0 saturated heterocycles. The number of rotatable bonds is 7. The Labute approximate surface area is 235 Å². The number of amides is 2. The minimum absolute atomic E-state index is 0.0532. The van der Waals surface area contributed by atoms with Crippen LogP contribution in [0.1, 0.15) is 52.5 Å². The van der Waals surface area contributed by atoms with Gasteiger partial charge in [0.05, 0.1) is 17.5 Å². The van der Waals surface area contributed by atoms with Gasteiger partial charge < -0.3 is 24.8 Å². The van der Waals surface area contributed by atoms with E-state index in [0.29, 0.717) is 22.8 Å². The third-order valence-electron chi connectivity index (χ3n) is 6.12. The molecule has 0 bridgehead atoms. The summed E-state index contributed by atoms with van der Waals surface area (Å²) in [5, 5.41) is 5.82. The predicted molar refractivity (Wildman–Crippen MR) is 148 cm³/mol. The molecule has 214 valence electrons. The van der Waals surface area contributed by atoms with Crippen molar-refractivity contribution in [1.82, 2.24) is 10.6 Å². The zero-order valence-electron chi connectivity index (χ0n) is 23.3.